The van der Waals surface area contributed by atoms with E-state index in [9.17, 15) is 0 Å². The minimum atomic E-state index is -0.583. The molecule has 9 heteroatoms. The first-order valence-corrected chi connectivity index (χ1v) is 10.6. The van der Waals surface area contributed by atoms with E-state index in [1.807, 2.05) is 30.3 Å². The molecule has 0 amide bonds. The van der Waals surface area contributed by atoms with Gasteiger partial charge in [0.25, 0.3) is 0 Å². The predicted molar refractivity (Wildman–Crippen MR) is 111 cm³/mol. The second kappa shape index (κ2) is 7.61. The van der Waals surface area contributed by atoms with Gasteiger partial charge in [-0.25, -0.2) is 0 Å². The van der Waals surface area contributed by atoms with Gasteiger partial charge in [0, 0.05) is 28.6 Å². The summed E-state index contributed by atoms with van der Waals surface area (Å²) in [6.45, 7) is 2.28. The number of ether oxygens (including phenoxy) is 3. The van der Waals surface area contributed by atoms with Crippen LogP contribution in [0, 0.1) is 0 Å². The minimum absolute atomic E-state index is 0.175. The number of nitrogens with one attached hydrogen (secondary N) is 1. The Morgan fingerprint density at radius 1 is 1.17 bits per heavy atom. The second-order valence-electron chi connectivity index (χ2n) is 6.51. The van der Waals surface area contributed by atoms with Gasteiger partial charge in [-0.1, -0.05) is 48.5 Å². The molecule has 2 aliphatic rings. The molecule has 3 heterocycles. The summed E-state index contributed by atoms with van der Waals surface area (Å²) in [6, 6.07) is 11.4. The second-order valence-corrected chi connectivity index (χ2v) is 7.98. The number of fused-ring (bicyclic) bond motifs is 4. The van der Waals surface area contributed by atoms with Crippen molar-refractivity contribution in [1.29, 1.82) is 0 Å². The van der Waals surface area contributed by atoms with Crippen LogP contribution >= 0.6 is 23.4 Å². The van der Waals surface area contributed by atoms with Gasteiger partial charge in [-0.05, 0) is 18.6 Å². The summed E-state index contributed by atoms with van der Waals surface area (Å²) >= 11 is 8.09. The number of thioether (sulfide) groups is 1. The third kappa shape index (κ3) is 3.42. The van der Waals surface area contributed by atoms with Crippen molar-refractivity contribution in [3.05, 3.63) is 47.0 Å². The molecule has 0 radical (unpaired) electrons. The average molecular weight is 429 g/mol. The highest BCUT2D eigenvalue weighted by Crippen LogP contribution is 2.44. The first kappa shape index (κ1) is 18.3. The van der Waals surface area contributed by atoms with E-state index >= 15 is 0 Å². The minimum Gasteiger partial charge on any atom is -0.454 e. The number of aromatic nitrogens is 3. The van der Waals surface area contributed by atoms with E-state index in [1.54, 1.807) is 17.8 Å². The number of anilines is 1. The SMILES string of the molecule is CCCSc1nnc2c(n1)O[C@@H](c1cc3c(cc1Cl)OCO3)Nc1ccccc1-2. The van der Waals surface area contributed by atoms with Gasteiger partial charge in [-0.3, -0.25) is 0 Å². The number of para-hydroxylation sites is 1. The van der Waals surface area contributed by atoms with Crippen LogP contribution in [0.5, 0.6) is 17.4 Å². The third-order valence-corrected chi connectivity index (χ3v) is 5.91. The highest BCUT2D eigenvalue weighted by Gasteiger charge is 2.29. The van der Waals surface area contributed by atoms with E-state index in [1.165, 1.54) is 0 Å². The monoisotopic (exact) mass is 428 g/mol. The third-order valence-electron chi connectivity index (χ3n) is 4.54. The average Bonchev–Trinajstić information content (AvgIpc) is 3.12. The molecule has 0 fully saturated rings. The van der Waals surface area contributed by atoms with Crippen LogP contribution in [0.2, 0.25) is 5.02 Å². The van der Waals surface area contributed by atoms with Crippen LogP contribution in [0.3, 0.4) is 0 Å². The lowest BCUT2D eigenvalue weighted by atomic mass is 10.1. The molecule has 0 unspecified atom stereocenters. The van der Waals surface area contributed by atoms with Crippen LogP contribution in [0.1, 0.15) is 25.1 Å². The van der Waals surface area contributed by atoms with Crippen molar-refractivity contribution >= 4 is 29.1 Å². The van der Waals surface area contributed by atoms with Crippen LogP contribution in [0.15, 0.2) is 41.6 Å². The fraction of sp³-hybridized carbons (Fsp3) is 0.250. The predicted octanol–water partition coefficient (Wildman–Crippen LogP) is 4.93. The molecule has 0 aliphatic carbocycles. The molecular formula is C20H17ClN4O3S. The lowest BCUT2D eigenvalue weighted by molar-refractivity contribution is 0.173. The molecule has 0 saturated heterocycles. The van der Waals surface area contributed by atoms with Crippen molar-refractivity contribution in [3.63, 3.8) is 0 Å². The zero-order chi connectivity index (χ0) is 19.8. The molecular weight excluding hydrogens is 412 g/mol. The van der Waals surface area contributed by atoms with Crippen molar-refractivity contribution < 1.29 is 14.2 Å². The maximum Gasteiger partial charge on any atom is 0.247 e. The van der Waals surface area contributed by atoms with Crippen molar-refractivity contribution in [3.8, 4) is 28.6 Å². The Morgan fingerprint density at radius 3 is 2.86 bits per heavy atom. The highest BCUT2D eigenvalue weighted by atomic mass is 35.5. The summed E-state index contributed by atoms with van der Waals surface area (Å²) in [6.07, 6.45) is 0.436. The molecule has 2 aromatic carbocycles. The van der Waals surface area contributed by atoms with E-state index in [0.717, 1.165) is 29.0 Å². The number of halogens is 1. The van der Waals surface area contributed by atoms with Crippen LogP contribution in [-0.2, 0) is 0 Å². The highest BCUT2D eigenvalue weighted by molar-refractivity contribution is 7.99. The number of hydrogen-bond donors (Lipinski definition) is 1. The van der Waals surface area contributed by atoms with E-state index < -0.39 is 6.23 Å². The maximum absolute atomic E-state index is 6.54. The van der Waals surface area contributed by atoms with E-state index in [0.29, 0.717) is 33.3 Å². The molecule has 1 N–H and O–H groups in total. The Morgan fingerprint density at radius 2 is 2.00 bits per heavy atom. The maximum atomic E-state index is 6.54. The summed E-state index contributed by atoms with van der Waals surface area (Å²) in [5.41, 5.74) is 3.04. The van der Waals surface area contributed by atoms with Gasteiger partial charge in [-0.15, -0.1) is 10.2 Å². The molecule has 0 saturated carbocycles. The number of nitrogens with zero attached hydrogens (tertiary/aromatic N) is 3. The largest absolute Gasteiger partial charge is 0.454 e. The molecule has 29 heavy (non-hydrogen) atoms. The van der Waals surface area contributed by atoms with E-state index in [4.69, 9.17) is 25.8 Å². The number of hydrogen-bond acceptors (Lipinski definition) is 8. The van der Waals surface area contributed by atoms with Gasteiger partial charge in [0.1, 0.15) is 0 Å². The van der Waals surface area contributed by atoms with Gasteiger partial charge in [0.15, 0.2) is 23.4 Å². The fourth-order valence-corrected chi connectivity index (χ4v) is 4.06. The molecule has 5 rings (SSSR count). The Kier molecular flexibility index (Phi) is 4.81. The number of benzene rings is 2. The molecule has 2 aliphatic heterocycles. The zero-order valence-electron chi connectivity index (χ0n) is 15.5. The molecule has 148 valence electrons. The van der Waals surface area contributed by atoms with Crippen molar-refractivity contribution in [2.24, 2.45) is 0 Å². The first-order chi connectivity index (χ1) is 14.2. The molecule has 7 nitrogen and oxygen atoms in total. The summed E-state index contributed by atoms with van der Waals surface area (Å²) in [4.78, 5) is 4.62. The topological polar surface area (TPSA) is 78.4 Å². The van der Waals surface area contributed by atoms with E-state index in [2.05, 4.69) is 27.4 Å². The Labute approximate surface area is 176 Å². The van der Waals surface area contributed by atoms with Gasteiger partial charge in [0.2, 0.25) is 17.8 Å². The quantitative estimate of drug-likeness (QED) is 0.586. The Bertz CT molecular complexity index is 1080. The van der Waals surface area contributed by atoms with E-state index in [-0.39, 0.29) is 6.79 Å². The number of rotatable bonds is 4. The molecule has 1 aromatic heterocycles. The lowest BCUT2D eigenvalue weighted by Crippen LogP contribution is -2.17. The summed E-state index contributed by atoms with van der Waals surface area (Å²) < 4.78 is 17.2. The van der Waals surface area contributed by atoms with Gasteiger partial charge in [-0.2, -0.15) is 4.98 Å². The molecule has 1 atom stereocenters. The molecule has 0 bridgehead atoms. The van der Waals surface area contributed by atoms with Gasteiger partial charge < -0.3 is 19.5 Å². The normalized spacial score (nSPS) is 16.3. The molecule has 3 aromatic rings. The molecule has 0 spiro atoms. The van der Waals surface area contributed by atoms with Crippen molar-refractivity contribution in [1.82, 2.24) is 15.2 Å². The smallest absolute Gasteiger partial charge is 0.247 e. The fourth-order valence-electron chi connectivity index (χ4n) is 3.18. The van der Waals surface area contributed by atoms with Gasteiger partial charge >= 0.3 is 0 Å². The van der Waals surface area contributed by atoms with Gasteiger partial charge in [0.05, 0.1) is 5.02 Å². The summed E-state index contributed by atoms with van der Waals surface area (Å²) in [5.74, 6) is 2.57. The van der Waals surface area contributed by atoms with Crippen LogP contribution in [-0.4, -0.2) is 27.7 Å². The zero-order valence-corrected chi connectivity index (χ0v) is 17.1. The van der Waals surface area contributed by atoms with Crippen LogP contribution in [0.4, 0.5) is 5.69 Å². The first-order valence-electron chi connectivity index (χ1n) is 9.22. The van der Waals surface area contributed by atoms with Crippen molar-refractivity contribution in [2.45, 2.75) is 24.7 Å². The standard InChI is InChI=1S/C20H17ClN4O3S/c1-2-7-29-20-23-19-17(24-25-20)11-5-3-4-6-14(11)22-18(28-19)12-8-15-16(9-13(12)21)27-10-26-15/h3-6,8-9,18,22H,2,7,10H2,1H3/t18-/m0/s1. The Balaban J connectivity index is 1.60. The van der Waals surface area contributed by atoms with Crippen LogP contribution < -0.4 is 19.5 Å². The van der Waals surface area contributed by atoms with Crippen LogP contribution in [0.25, 0.3) is 11.3 Å². The summed E-state index contributed by atoms with van der Waals surface area (Å²) in [5, 5.41) is 13.2. The summed E-state index contributed by atoms with van der Waals surface area (Å²) in [7, 11) is 0. The van der Waals surface area contributed by atoms with Crippen molar-refractivity contribution in [2.75, 3.05) is 17.9 Å². The Hall–Kier alpha value is -2.71. The lowest BCUT2D eigenvalue weighted by Gasteiger charge is -2.20.